The van der Waals surface area contributed by atoms with Crippen LogP contribution in [0.5, 0.6) is 17.2 Å². The number of likely N-dealkylation sites (N-methyl/N-ethyl adjacent to an activating group) is 2. The van der Waals surface area contributed by atoms with Crippen molar-refractivity contribution in [2.75, 3.05) is 46.8 Å². The molecule has 4 aliphatic heterocycles. The molecule has 14 rings (SSSR count). The molecule has 4 heterocycles. The van der Waals surface area contributed by atoms with E-state index in [2.05, 4.69) is 78.9 Å². The molecule has 2 saturated carbocycles. The predicted octanol–water partition coefficient (Wildman–Crippen LogP) is 5.05. The highest BCUT2D eigenvalue weighted by atomic mass is 35.5. The van der Waals surface area contributed by atoms with E-state index >= 15 is 0 Å². The number of likely N-dealkylation sites (tertiary alicyclic amines) is 2. The van der Waals surface area contributed by atoms with Crippen LogP contribution < -0.4 is 9.47 Å². The van der Waals surface area contributed by atoms with Crippen molar-refractivity contribution in [2.24, 2.45) is 33.5 Å². The van der Waals surface area contributed by atoms with Crippen LogP contribution in [0.2, 0.25) is 0 Å². The van der Waals surface area contributed by atoms with Crippen LogP contribution in [0.15, 0.2) is 48.6 Å². The number of aliphatic hydroxyl groups excluding tert-OH is 2. The van der Waals surface area contributed by atoms with Gasteiger partial charge in [0.2, 0.25) is 0 Å². The van der Waals surface area contributed by atoms with Crippen molar-refractivity contribution in [1.82, 2.24) is 9.80 Å². The number of ketones is 2. The Morgan fingerprint density at radius 1 is 0.732 bits per heavy atom. The molecule has 8 aliphatic carbocycles. The van der Waals surface area contributed by atoms with Crippen molar-refractivity contribution in [2.45, 2.75) is 94.4 Å². The molecule has 4 fully saturated rings. The lowest BCUT2D eigenvalue weighted by molar-refractivity contribution is -0.184. The lowest BCUT2D eigenvalue weighted by atomic mass is 9.35. The van der Waals surface area contributed by atoms with Crippen LogP contribution in [-0.2, 0) is 33.3 Å². The number of hydrogen-bond acceptors (Lipinski definition) is 9. The van der Waals surface area contributed by atoms with Gasteiger partial charge >= 0.3 is 0 Å². The standard InChI is InChI=1S/C23H27NO3.C22H25NO4.CH3Cl/c1-13-4-5-15-10-17-22-7-6-21(12-25,16(11-22)14(2)26)20-23(22,8-9-24(17)3)18(15)19(13)27-20;1-12(25)14-10-21-6-5-20(14,11-24)19-22(21)7-8-23(2)16(21)9-13-3-4-15(26)18(27-19)17(13)22;1-2/h4-7,16-17,20,25H,8-12H2,1-3H3;3-6,14,16,19,24,26H,7-11H2,1-2H3;1H3/t16?,17-,20+,21-,22-,23+;14-,16+,19-,20+,21+,22-;/m10./s1. The second-order valence-corrected chi connectivity index (χ2v) is 19.1. The summed E-state index contributed by atoms with van der Waals surface area (Å²) in [5, 5.41) is 31.7. The minimum Gasteiger partial charge on any atom is -0.504 e. The second kappa shape index (κ2) is 11.7. The molecular formula is C46H55ClN2O7. The minimum absolute atomic E-state index is 0.0287. The first-order valence-electron chi connectivity index (χ1n) is 20.6. The monoisotopic (exact) mass is 782 g/mol. The number of nitrogens with zero attached hydrogens (tertiary/aromatic N) is 2. The summed E-state index contributed by atoms with van der Waals surface area (Å²) in [6.07, 6.45) is 15.4. The number of ether oxygens (including phenoxy) is 2. The van der Waals surface area contributed by atoms with E-state index in [4.69, 9.17) is 9.47 Å². The third-order valence-corrected chi connectivity index (χ3v) is 17.7. The van der Waals surface area contributed by atoms with E-state index in [1.54, 1.807) is 19.9 Å². The number of halogens is 1. The fourth-order valence-electron chi connectivity index (χ4n) is 15.5. The van der Waals surface area contributed by atoms with E-state index < -0.39 is 10.8 Å². The van der Waals surface area contributed by atoms with E-state index in [0.717, 1.165) is 62.9 Å². The molecule has 8 bridgehead atoms. The SMILES string of the molecule is CC(=O)C1C[C@@]23C=C[C@]1(CO)[C@@H]1Oc4c(C)ccc5c4[C@@]12CCN(C)[C@@H]3C5.CC(=O)[C@@H]1C[C@@]23C=C[C@]1(CO)[C@@H]1Oc4c(O)ccc5c4[C@@]12CCN(C)[C@@H]3C5.CCl. The Morgan fingerprint density at radius 3 is 1.64 bits per heavy atom. The van der Waals surface area contributed by atoms with Crippen molar-refractivity contribution in [3.63, 3.8) is 0 Å². The summed E-state index contributed by atoms with van der Waals surface area (Å²) in [5.74, 6) is 1.69. The van der Waals surface area contributed by atoms with Crippen LogP contribution in [0.3, 0.4) is 0 Å². The molecule has 1 unspecified atom stereocenters. The summed E-state index contributed by atoms with van der Waals surface area (Å²) in [7, 11) is 4.42. The van der Waals surface area contributed by atoms with Crippen LogP contribution in [0.1, 0.15) is 67.3 Å². The van der Waals surface area contributed by atoms with Crippen LogP contribution in [-0.4, -0.2) is 108 Å². The predicted molar refractivity (Wildman–Crippen MR) is 212 cm³/mol. The third-order valence-electron chi connectivity index (χ3n) is 17.7. The molecule has 12 atom stereocenters. The number of aliphatic hydroxyl groups is 2. The number of carbonyl (C=O) groups excluding carboxylic acids is 2. The van der Waals surface area contributed by atoms with Crippen molar-refractivity contribution in [3.05, 3.63) is 76.4 Å². The molecule has 2 saturated heterocycles. The molecule has 3 N–H and O–H groups in total. The molecule has 0 aromatic heterocycles. The van der Waals surface area contributed by atoms with Gasteiger partial charge in [-0.15, -0.1) is 11.6 Å². The summed E-state index contributed by atoms with van der Waals surface area (Å²) >= 11 is 4.64. The number of carbonyl (C=O) groups is 2. The first-order chi connectivity index (χ1) is 26.8. The number of rotatable bonds is 4. The highest BCUT2D eigenvalue weighted by Crippen LogP contribution is 2.77. The molecule has 298 valence electrons. The Hall–Kier alpha value is -3.21. The number of phenols is 1. The Kier molecular flexibility index (Phi) is 7.76. The fraction of sp³-hybridized carbons (Fsp3) is 0.609. The summed E-state index contributed by atoms with van der Waals surface area (Å²) in [6.45, 7) is 7.33. The maximum Gasteiger partial charge on any atom is 0.165 e. The Labute approximate surface area is 334 Å². The highest BCUT2D eigenvalue weighted by Gasteiger charge is 2.80. The Balaban J connectivity index is 0.000000132. The molecular weight excluding hydrogens is 728 g/mol. The average molecular weight is 783 g/mol. The van der Waals surface area contributed by atoms with E-state index in [-0.39, 0.29) is 76.2 Å². The van der Waals surface area contributed by atoms with Gasteiger partial charge in [0.1, 0.15) is 29.5 Å². The van der Waals surface area contributed by atoms with E-state index in [1.165, 1.54) is 28.6 Å². The van der Waals surface area contributed by atoms with Gasteiger partial charge in [0.05, 0.1) is 24.0 Å². The third kappa shape index (κ3) is 3.77. The number of alkyl halides is 1. The molecule has 0 amide bonds. The normalized spacial score (nSPS) is 44.0. The number of Topliss-reactive ketones (excluding diaryl/α,β-unsaturated/α-hetero) is 2. The second-order valence-electron chi connectivity index (χ2n) is 19.1. The van der Waals surface area contributed by atoms with Crippen molar-refractivity contribution < 1.29 is 34.4 Å². The van der Waals surface area contributed by atoms with Crippen molar-refractivity contribution >= 4 is 23.2 Å². The van der Waals surface area contributed by atoms with E-state index in [0.29, 0.717) is 17.8 Å². The summed E-state index contributed by atoms with van der Waals surface area (Å²) in [6, 6.07) is 8.93. The maximum absolute atomic E-state index is 12.7. The van der Waals surface area contributed by atoms with Gasteiger partial charge in [-0.1, -0.05) is 42.5 Å². The zero-order valence-electron chi connectivity index (χ0n) is 33.4. The van der Waals surface area contributed by atoms with Gasteiger partial charge in [-0.05, 0) is 109 Å². The molecule has 0 radical (unpaired) electrons. The van der Waals surface area contributed by atoms with E-state index in [1.807, 2.05) is 6.07 Å². The first kappa shape index (κ1) is 37.1. The largest absolute Gasteiger partial charge is 0.504 e. The molecule has 2 aromatic rings. The van der Waals surface area contributed by atoms with Gasteiger partial charge in [0, 0.05) is 63.1 Å². The van der Waals surface area contributed by atoms with E-state index in [9.17, 15) is 24.9 Å². The fourth-order valence-corrected chi connectivity index (χ4v) is 15.5. The van der Waals surface area contributed by atoms with Gasteiger partial charge in [0.15, 0.2) is 11.5 Å². The zero-order chi connectivity index (χ0) is 39.5. The first-order valence-corrected chi connectivity index (χ1v) is 21.3. The number of aromatic hydroxyl groups is 1. The van der Waals surface area contributed by atoms with Crippen LogP contribution >= 0.6 is 11.6 Å². The molecule has 12 aliphatic rings. The number of hydrogen-bond donors (Lipinski definition) is 3. The highest BCUT2D eigenvalue weighted by molar-refractivity contribution is 6.15. The van der Waals surface area contributed by atoms with Gasteiger partial charge in [0.25, 0.3) is 0 Å². The van der Waals surface area contributed by atoms with Gasteiger partial charge in [-0.3, -0.25) is 9.59 Å². The van der Waals surface area contributed by atoms with Crippen LogP contribution in [0.25, 0.3) is 0 Å². The average Bonchev–Trinajstić information content (AvgIpc) is 3.77. The topological polar surface area (TPSA) is 120 Å². The lowest BCUT2D eigenvalue weighted by Gasteiger charge is -2.71. The van der Waals surface area contributed by atoms with Gasteiger partial charge in [-0.2, -0.15) is 0 Å². The van der Waals surface area contributed by atoms with Gasteiger partial charge < -0.3 is 34.6 Å². The minimum atomic E-state index is -0.714. The van der Waals surface area contributed by atoms with Crippen molar-refractivity contribution in [3.8, 4) is 17.2 Å². The smallest absolute Gasteiger partial charge is 0.165 e. The number of aryl methyl sites for hydroxylation is 1. The number of fused-ring (bicyclic) bond motifs is 2. The molecule has 56 heavy (non-hydrogen) atoms. The quantitative estimate of drug-likeness (QED) is 0.290. The molecule has 2 aromatic carbocycles. The number of phenolic OH excluding ortho intramolecular Hbond substituents is 1. The van der Waals surface area contributed by atoms with Crippen LogP contribution in [0, 0.1) is 40.4 Å². The summed E-state index contributed by atoms with van der Waals surface area (Å²) < 4.78 is 13.3. The van der Waals surface area contributed by atoms with Crippen molar-refractivity contribution in [1.29, 1.82) is 0 Å². The lowest BCUT2D eigenvalue weighted by Crippen LogP contribution is -2.77. The Bertz CT molecular complexity index is 2000. The van der Waals surface area contributed by atoms with Gasteiger partial charge in [-0.25, -0.2) is 0 Å². The summed E-state index contributed by atoms with van der Waals surface area (Å²) in [4.78, 5) is 30.4. The molecule has 10 heteroatoms. The zero-order valence-corrected chi connectivity index (χ0v) is 34.2. The molecule has 4 spiro atoms. The number of benzene rings is 2. The van der Waals surface area contributed by atoms with Crippen LogP contribution in [0.4, 0.5) is 0 Å². The Morgan fingerprint density at radius 2 is 1.18 bits per heavy atom. The maximum atomic E-state index is 12.7. The number of piperidine rings is 2. The summed E-state index contributed by atoms with van der Waals surface area (Å²) in [5.41, 5.74) is 4.43. The molecule has 9 nitrogen and oxygen atoms in total.